The number of aryl methyl sites for hydroxylation is 1. The molecule has 0 aliphatic carbocycles. The van der Waals surface area contributed by atoms with Crippen molar-refractivity contribution in [2.45, 2.75) is 6.04 Å². The topological polar surface area (TPSA) is 69.0 Å². The van der Waals surface area contributed by atoms with Crippen LogP contribution in [0.25, 0.3) is 11.0 Å². The molecule has 0 saturated heterocycles. The Morgan fingerprint density at radius 1 is 1.47 bits per heavy atom. The molecule has 2 heterocycles. The van der Waals surface area contributed by atoms with Crippen molar-refractivity contribution in [1.82, 2.24) is 15.0 Å². The van der Waals surface area contributed by atoms with Gasteiger partial charge in [-0.1, -0.05) is 12.1 Å². The van der Waals surface area contributed by atoms with Crippen LogP contribution in [-0.4, -0.2) is 9.55 Å². The van der Waals surface area contributed by atoms with Crippen LogP contribution in [0.4, 0.5) is 4.39 Å². The average Bonchev–Trinajstić information content (AvgIpc) is 2.98. The molecule has 6 heteroatoms. The summed E-state index contributed by atoms with van der Waals surface area (Å²) in [6, 6.07) is 6.15. The van der Waals surface area contributed by atoms with Gasteiger partial charge in [0.05, 0.1) is 12.0 Å². The van der Waals surface area contributed by atoms with E-state index in [4.69, 9.17) is 10.3 Å². The van der Waals surface area contributed by atoms with E-state index in [1.165, 1.54) is 6.07 Å². The van der Waals surface area contributed by atoms with E-state index in [9.17, 15) is 4.39 Å². The van der Waals surface area contributed by atoms with Gasteiger partial charge in [0.2, 0.25) is 0 Å². The Labute approximate surface area is 108 Å². The van der Waals surface area contributed by atoms with Gasteiger partial charge >= 0.3 is 0 Å². The van der Waals surface area contributed by atoms with Crippen molar-refractivity contribution in [2.75, 3.05) is 0 Å². The summed E-state index contributed by atoms with van der Waals surface area (Å²) in [5.74, 6) is 5.69. The fourth-order valence-corrected chi connectivity index (χ4v) is 2.09. The molecule has 3 rings (SSSR count). The number of hydrogen-bond acceptors (Lipinski definition) is 4. The van der Waals surface area contributed by atoms with Crippen molar-refractivity contribution in [3.8, 4) is 0 Å². The second-order valence-electron chi connectivity index (χ2n) is 4.37. The number of rotatable bonds is 3. The van der Waals surface area contributed by atoms with E-state index in [0.29, 0.717) is 16.8 Å². The van der Waals surface area contributed by atoms with E-state index in [2.05, 4.69) is 10.4 Å². The van der Waals surface area contributed by atoms with Crippen LogP contribution in [0.15, 0.2) is 41.2 Å². The SMILES string of the molecule is Cn1cnc(C(NN)c2cc3cccc(F)c3o2)c1. The molecule has 98 valence electrons. The second kappa shape index (κ2) is 4.49. The zero-order chi connectivity index (χ0) is 13.4. The van der Waals surface area contributed by atoms with Crippen LogP contribution in [-0.2, 0) is 7.05 Å². The predicted molar refractivity (Wildman–Crippen MR) is 68.5 cm³/mol. The van der Waals surface area contributed by atoms with Crippen molar-refractivity contribution in [3.05, 3.63) is 54.1 Å². The number of furan rings is 1. The molecule has 0 amide bonds. The number of aromatic nitrogens is 2. The Hall–Kier alpha value is -2.18. The summed E-state index contributed by atoms with van der Waals surface area (Å²) < 4.78 is 21.0. The van der Waals surface area contributed by atoms with E-state index >= 15 is 0 Å². The van der Waals surface area contributed by atoms with Crippen molar-refractivity contribution >= 4 is 11.0 Å². The first kappa shape index (κ1) is 11.9. The molecule has 0 fully saturated rings. The molecular formula is C13H13FN4O. The minimum absolute atomic E-state index is 0.230. The van der Waals surface area contributed by atoms with Gasteiger partial charge in [0.25, 0.3) is 0 Å². The highest BCUT2D eigenvalue weighted by atomic mass is 19.1. The van der Waals surface area contributed by atoms with Gasteiger partial charge in [-0.3, -0.25) is 5.84 Å². The van der Waals surface area contributed by atoms with Crippen molar-refractivity contribution < 1.29 is 8.81 Å². The molecule has 1 unspecified atom stereocenters. The molecule has 0 saturated carbocycles. The monoisotopic (exact) mass is 260 g/mol. The molecule has 3 aromatic rings. The fraction of sp³-hybridized carbons (Fsp3) is 0.154. The molecule has 0 radical (unpaired) electrons. The average molecular weight is 260 g/mol. The molecular weight excluding hydrogens is 247 g/mol. The van der Waals surface area contributed by atoms with Gasteiger partial charge < -0.3 is 8.98 Å². The first-order valence-electron chi connectivity index (χ1n) is 5.81. The highest BCUT2D eigenvalue weighted by Gasteiger charge is 2.20. The number of imidazole rings is 1. The molecule has 19 heavy (non-hydrogen) atoms. The van der Waals surface area contributed by atoms with E-state index in [1.54, 1.807) is 24.5 Å². The van der Waals surface area contributed by atoms with Crippen LogP contribution in [0.2, 0.25) is 0 Å². The number of benzene rings is 1. The van der Waals surface area contributed by atoms with Gasteiger partial charge in [0.1, 0.15) is 11.8 Å². The first-order chi connectivity index (χ1) is 9.19. The largest absolute Gasteiger partial charge is 0.456 e. The number of fused-ring (bicyclic) bond motifs is 1. The van der Waals surface area contributed by atoms with E-state index in [0.717, 1.165) is 0 Å². The van der Waals surface area contributed by atoms with E-state index in [-0.39, 0.29) is 11.4 Å². The Kier molecular flexibility index (Phi) is 2.81. The van der Waals surface area contributed by atoms with Gasteiger partial charge in [0.15, 0.2) is 11.4 Å². The Morgan fingerprint density at radius 2 is 2.32 bits per heavy atom. The molecule has 0 aliphatic rings. The molecule has 0 bridgehead atoms. The van der Waals surface area contributed by atoms with Gasteiger partial charge in [-0.05, 0) is 12.1 Å². The zero-order valence-electron chi connectivity index (χ0n) is 10.3. The molecule has 1 atom stereocenters. The number of nitrogens with two attached hydrogens (primary N) is 1. The fourth-order valence-electron chi connectivity index (χ4n) is 2.09. The minimum Gasteiger partial charge on any atom is -0.456 e. The maximum absolute atomic E-state index is 13.6. The molecule has 0 aliphatic heterocycles. The lowest BCUT2D eigenvalue weighted by molar-refractivity contribution is 0.460. The third-order valence-corrected chi connectivity index (χ3v) is 2.99. The molecule has 3 N–H and O–H groups in total. The quantitative estimate of drug-likeness (QED) is 0.557. The van der Waals surface area contributed by atoms with Crippen LogP contribution < -0.4 is 11.3 Å². The molecule has 1 aromatic carbocycles. The smallest absolute Gasteiger partial charge is 0.169 e. The highest BCUT2D eigenvalue weighted by Crippen LogP contribution is 2.28. The van der Waals surface area contributed by atoms with Gasteiger partial charge in [-0.25, -0.2) is 14.8 Å². The van der Waals surface area contributed by atoms with Crippen LogP contribution in [0.1, 0.15) is 17.5 Å². The summed E-state index contributed by atoms with van der Waals surface area (Å²) in [5, 5.41) is 0.700. The summed E-state index contributed by atoms with van der Waals surface area (Å²) in [5.41, 5.74) is 3.58. The summed E-state index contributed by atoms with van der Waals surface area (Å²) in [6.07, 6.45) is 3.50. The number of hydrogen-bond donors (Lipinski definition) is 2. The van der Waals surface area contributed by atoms with Crippen molar-refractivity contribution in [2.24, 2.45) is 12.9 Å². The van der Waals surface area contributed by atoms with Crippen LogP contribution in [0, 0.1) is 5.82 Å². The number of nitrogens with zero attached hydrogens (tertiary/aromatic N) is 2. The Balaban J connectivity index is 2.09. The number of para-hydroxylation sites is 1. The van der Waals surface area contributed by atoms with Crippen LogP contribution >= 0.6 is 0 Å². The lowest BCUT2D eigenvalue weighted by Gasteiger charge is -2.09. The predicted octanol–water partition coefficient (Wildman–Crippen LogP) is 1.86. The number of hydrazine groups is 1. The summed E-state index contributed by atoms with van der Waals surface area (Å²) in [4.78, 5) is 4.22. The van der Waals surface area contributed by atoms with E-state index < -0.39 is 6.04 Å². The molecule has 0 spiro atoms. The Morgan fingerprint density at radius 3 is 2.95 bits per heavy atom. The third kappa shape index (κ3) is 2.00. The number of halogens is 1. The van der Waals surface area contributed by atoms with Gasteiger partial charge in [0, 0.05) is 18.6 Å². The summed E-state index contributed by atoms with van der Waals surface area (Å²) >= 11 is 0. The second-order valence-corrected chi connectivity index (χ2v) is 4.37. The maximum atomic E-state index is 13.6. The van der Waals surface area contributed by atoms with Crippen molar-refractivity contribution in [3.63, 3.8) is 0 Å². The van der Waals surface area contributed by atoms with Gasteiger partial charge in [-0.2, -0.15) is 0 Å². The minimum atomic E-state index is -0.409. The highest BCUT2D eigenvalue weighted by molar-refractivity contribution is 5.78. The maximum Gasteiger partial charge on any atom is 0.169 e. The molecule has 2 aromatic heterocycles. The Bertz CT molecular complexity index is 718. The first-order valence-corrected chi connectivity index (χ1v) is 5.81. The van der Waals surface area contributed by atoms with Gasteiger partial charge in [-0.15, -0.1) is 0 Å². The molecule has 5 nitrogen and oxygen atoms in total. The summed E-state index contributed by atoms with van der Waals surface area (Å²) in [6.45, 7) is 0. The standard InChI is InChI=1S/C13H13FN4O/c1-18-6-10(16-7-18)12(17-15)11-5-8-3-2-4-9(14)13(8)19-11/h2-7,12,17H,15H2,1H3. The zero-order valence-corrected chi connectivity index (χ0v) is 10.3. The van der Waals surface area contributed by atoms with Crippen LogP contribution in [0.5, 0.6) is 0 Å². The lowest BCUT2D eigenvalue weighted by Crippen LogP contribution is -2.28. The summed E-state index contributed by atoms with van der Waals surface area (Å²) in [7, 11) is 1.86. The van der Waals surface area contributed by atoms with Crippen molar-refractivity contribution in [1.29, 1.82) is 0 Å². The normalized spacial score (nSPS) is 13.0. The lowest BCUT2D eigenvalue weighted by atomic mass is 10.1. The number of nitrogens with one attached hydrogen (secondary N) is 1. The third-order valence-electron chi connectivity index (χ3n) is 2.99. The van der Waals surface area contributed by atoms with Crippen LogP contribution in [0.3, 0.4) is 0 Å². The van der Waals surface area contributed by atoms with E-state index in [1.807, 2.05) is 17.8 Å².